The molecular weight excluding hydrogens is 284 g/mol. The zero-order valence-electron chi connectivity index (χ0n) is 12.6. The van der Waals surface area contributed by atoms with Gasteiger partial charge in [0.2, 0.25) is 5.16 Å². The SMILES string of the molecule is CCCCOc1ccc(CSc2nnc(CC)n2N)cc1. The second-order valence-corrected chi connectivity index (χ2v) is 5.70. The fourth-order valence-corrected chi connectivity index (χ4v) is 2.64. The molecular formula is C15H22N4OS. The molecule has 5 nitrogen and oxygen atoms in total. The third kappa shape index (κ3) is 4.39. The summed E-state index contributed by atoms with van der Waals surface area (Å²) in [4.78, 5) is 0. The number of nitrogens with two attached hydrogens (primary N) is 1. The van der Waals surface area contributed by atoms with E-state index in [1.165, 1.54) is 5.56 Å². The van der Waals surface area contributed by atoms with Crippen LogP contribution in [-0.4, -0.2) is 21.5 Å². The second-order valence-electron chi connectivity index (χ2n) is 4.76. The van der Waals surface area contributed by atoms with Crippen molar-refractivity contribution in [3.05, 3.63) is 35.7 Å². The van der Waals surface area contributed by atoms with Crippen molar-refractivity contribution in [1.82, 2.24) is 14.9 Å². The van der Waals surface area contributed by atoms with Gasteiger partial charge >= 0.3 is 0 Å². The highest BCUT2D eigenvalue weighted by Crippen LogP contribution is 2.22. The average molecular weight is 306 g/mol. The number of aromatic nitrogens is 3. The number of thioether (sulfide) groups is 1. The lowest BCUT2D eigenvalue weighted by Gasteiger charge is -2.06. The molecule has 0 unspecified atom stereocenters. The van der Waals surface area contributed by atoms with E-state index in [-0.39, 0.29) is 0 Å². The number of aryl methyl sites for hydroxylation is 1. The van der Waals surface area contributed by atoms with Gasteiger partial charge in [-0.1, -0.05) is 44.2 Å². The molecule has 21 heavy (non-hydrogen) atoms. The molecule has 0 aliphatic heterocycles. The Morgan fingerprint density at radius 1 is 1.19 bits per heavy atom. The Hall–Kier alpha value is -1.69. The first-order valence-corrected chi connectivity index (χ1v) is 8.27. The van der Waals surface area contributed by atoms with E-state index < -0.39 is 0 Å². The van der Waals surface area contributed by atoms with E-state index in [1.54, 1.807) is 16.4 Å². The van der Waals surface area contributed by atoms with Crippen molar-refractivity contribution in [2.45, 2.75) is 44.0 Å². The lowest BCUT2D eigenvalue weighted by molar-refractivity contribution is 0.309. The average Bonchev–Trinajstić information content (AvgIpc) is 2.87. The highest BCUT2D eigenvalue weighted by molar-refractivity contribution is 7.98. The minimum Gasteiger partial charge on any atom is -0.494 e. The van der Waals surface area contributed by atoms with E-state index in [0.29, 0.717) is 0 Å². The number of nitrogens with zero attached hydrogens (tertiary/aromatic N) is 3. The van der Waals surface area contributed by atoms with Gasteiger partial charge in [0.15, 0.2) is 5.82 Å². The molecule has 0 saturated carbocycles. The molecule has 114 valence electrons. The van der Waals surface area contributed by atoms with Crippen molar-refractivity contribution in [2.24, 2.45) is 0 Å². The van der Waals surface area contributed by atoms with Crippen LogP contribution in [0, 0.1) is 0 Å². The molecule has 0 saturated heterocycles. The van der Waals surface area contributed by atoms with Crippen LogP contribution in [0.2, 0.25) is 0 Å². The predicted molar refractivity (Wildman–Crippen MR) is 86.0 cm³/mol. The van der Waals surface area contributed by atoms with Gasteiger partial charge in [-0.25, -0.2) is 4.68 Å². The van der Waals surface area contributed by atoms with Crippen LogP contribution in [0.25, 0.3) is 0 Å². The fourth-order valence-electron chi connectivity index (χ4n) is 1.81. The van der Waals surface area contributed by atoms with Gasteiger partial charge < -0.3 is 10.6 Å². The highest BCUT2D eigenvalue weighted by Gasteiger charge is 2.08. The molecule has 2 N–H and O–H groups in total. The van der Waals surface area contributed by atoms with Crippen LogP contribution in [0.1, 0.15) is 38.1 Å². The Bertz CT molecular complexity index is 553. The van der Waals surface area contributed by atoms with Crippen LogP contribution in [-0.2, 0) is 12.2 Å². The molecule has 0 bridgehead atoms. The first-order valence-electron chi connectivity index (χ1n) is 7.28. The molecule has 0 fully saturated rings. The third-order valence-corrected chi connectivity index (χ3v) is 4.12. The van der Waals surface area contributed by atoms with E-state index in [9.17, 15) is 0 Å². The van der Waals surface area contributed by atoms with Gasteiger partial charge in [0, 0.05) is 12.2 Å². The summed E-state index contributed by atoms with van der Waals surface area (Å²) >= 11 is 1.59. The van der Waals surface area contributed by atoms with Gasteiger partial charge in [-0.05, 0) is 24.1 Å². The number of unbranched alkanes of at least 4 members (excludes halogenated alkanes) is 1. The van der Waals surface area contributed by atoms with E-state index in [4.69, 9.17) is 10.6 Å². The summed E-state index contributed by atoms with van der Waals surface area (Å²) in [5, 5.41) is 8.89. The summed E-state index contributed by atoms with van der Waals surface area (Å²) in [6.45, 7) is 4.95. The van der Waals surface area contributed by atoms with Crippen molar-refractivity contribution in [1.29, 1.82) is 0 Å². The number of benzene rings is 1. The van der Waals surface area contributed by atoms with Crippen molar-refractivity contribution in [2.75, 3.05) is 12.4 Å². The minimum atomic E-state index is 0.745. The lowest BCUT2D eigenvalue weighted by Crippen LogP contribution is -2.13. The number of hydrogen-bond acceptors (Lipinski definition) is 5. The molecule has 0 aliphatic rings. The number of hydrogen-bond donors (Lipinski definition) is 1. The van der Waals surface area contributed by atoms with Gasteiger partial charge in [0.25, 0.3) is 0 Å². The van der Waals surface area contributed by atoms with Gasteiger partial charge in [-0.2, -0.15) is 0 Å². The molecule has 1 heterocycles. The van der Waals surface area contributed by atoms with Crippen LogP contribution < -0.4 is 10.6 Å². The Morgan fingerprint density at radius 2 is 1.95 bits per heavy atom. The van der Waals surface area contributed by atoms with Crippen LogP contribution >= 0.6 is 11.8 Å². The molecule has 0 radical (unpaired) electrons. The lowest BCUT2D eigenvalue weighted by atomic mass is 10.2. The molecule has 2 rings (SSSR count). The Kier molecular flexibility index (Phi) is 5.92. The van der Waals surface area contributed by atoms with Crippen molar-refractivity contribution in [3.8, 4) is 5.75 Å². The summed E-state index contributed by atoms with van der Waals surface area (Å²) in [6, 6.07) is 8.17. The van der Waals surface area contributed by atoms with Crippen LogP contribution in [0.5, 0.6) is 5.75 Å². The maximum Gasteiger partial charge on any atom is 0.210 e. The molecule has 0 atom stereocenters. The summed E-state index contributed by atoms with van der Waals surface area (Å²) < 4.78 is 7.21. The summed E-state index contributed by atoms with van der Waals surface area (Å²) in [5.74, 6) is 8.46. The van der Waals surface area contributed by atoms with Crippen molar-refractivity contribution < 1.29 is 4.74 Å². The Labute approximate surface area is 129 Å². The zero-order chi connectivity index (χ0) is 15.1. The smallest absolute Gasteiger partial charge is 0.210 e. The van der Waals surface area contributed by atoms with Crippen molar-refractivity contribution >= 4 is 11.8 Å². The van der Waals surface area contributed by atoms with Crippen LogP contribution in [0.3, 0.4) is 0 Å². The Morgan fingerprint density at radius 3 is 2.57 bits per heavy atom. The van der Waals surface area contributed by atoms with Crippen LogP contribution in [0.4, 0.5) is 0 Å². The predicted octanol–water partition coefficient (Wildman–Crippen LogP) is 3.03. The van der Waals surface area contributed by atoms with E-state index in [0.717, 1.165) is 48.4 Å². The normalized spacial score (nSPS) is 10.8. The standard InChI is InChI=1S/C15H22N4OS/c1-3-5-10-20-13-8-6-12(7-9-13)11-21-15-18-17-14(4-2)19(15)16/h6-9H,3-5,10-11,16H2,1-2H3. The largest absolute Gasteiger partial charge is 0.494 e. The molecule has 1 aromatic heterocycles. The maximum atomic E-state index is 5.92. The molecule has 1 aromatic carbocycles. The topological polar surface area (TPSA) is 66.0 Å². The molecule has 0 amide bonds. The van der Waals surface area contributed by atoms with Gasteiger partial charge in [-0.3, -0.25) is 0 Å². The number of ether oxygens (including phenoxy) is 1. The summed E-state index contributed by atoms with van der Waals surface area (Å²) in [6.07, 6.45) is 3.02. The minimum absolute atomic E-state index is 0.745. The molecule has 6 heteroatoms. The van der Waals surface area contributed by atoms with E-state index in [2.05, 4.69) is 29.3 Å². The summed E-state index contributed by atoms with van der Waals surface area (Å²) in [7, 11) is 0. The van der Waals surface area contributed by atoms with Gasteiger partial charge in [0.1, 0.15) is 5.75 Å². The quantitative estimate of drug-likeness (QED) is 0.461. The van der Waals surface area contributed by atoms with E-state index in [1.807, 2.05) is 19.1 Å². The van der Waals surface area contributed by atoms with Gasteiger partial charge in [0.05, 0.1) is 6.61 Å². The van der Waals surface area contributed by atoms with Crippen LogP contribution in [0.15, 0.2) is 29.4 Å². The first kappa shape index (κ1) is 15.7. The second kappa shape index (κ2) is 7.93. The molecule has 2 aromatic rings. The highest BCUT2D eigenvalue weighted by atomic mass is 32.2. The molecule has 0 spiro atoms. The van der Waals surface area contributed by atoms with E-state index >= 15 is 0 Å². The molecule has 0 aliphatic carbocycles. The monoisotopic (exact) mass is 306 g/mol. The van der Waals surface area contributed by atoms with Crippen molar-refractivity contribution in [3.63, 3.8) is 0 Å². The fraction of sp³-hybridized carbons (Fsp3) is 0.467. The Balaban J connectivity index is 1.87. The third-order valence-electron chi connectivity index (χ3n) is 3.11. The maximum absolute atomic E-state index is 5.92. The number of rotatable bonds is 8. The zero-order valence-corrected chi connectivity index (χ0v) is 13.4. The number of nitrogen functional groups attached to an aromatic ring is 1. The first-order chi connectivity index (χ1) is 10.2. The summed E-state index contributed by atoms with van der Waals surface area (Å²) in [5.41, 5.74) is 1.21. The van der Waals surface area contributed by atoms with Gasteiger partial charge in [-0.15, -0.1) is 10.2 Å².